The fourth-order valence-corrected chi connectivity index (χ4v) is 2.53. The minimum atomic E-state index is 0.0320. The van der Waals surface area contributed by atoms with E-state index in [4.69, 9.17) is 4.74 Å². The number of hydrogen-bond acceptors (Lipinski definition) is 1. The van der Waals surface area contributed by atoms with Crippen molar-refractivity contribution in [1.82, 2.24) is 0 Å². The fourth-order valence-electron chi connectivity index (χ4n) is 2.53. The molecule has 0 unspecified atom stereocenters. The van der Waals surface area contributed by atoms with Crippen molar-refractivity contribution in [3.05, 3.63) is 5.92 Å². The van der Waals surface area contributed by atoms with Gasteiger partial charge < -0.3 is 4.74 Å². The zero-order valence-electron chi connectivity index (χ0n) is 11.1. The van der Waals surface area contributed by atoms with Crippen molar-refractivity contribution < 1.29 is 4.74 Å². The maximum Gasteiger partial charge on any atom is 0.0602 e. The highest BCUT2D eigenvalue weighted by Crippen LogP contribution is 2.32. The molecule has 0 saturated heterocycles. The Labute approximate surface area is 95.6 Å². The summed E-state index contributed by atoms with van der Waals surface area (Å²) < 4.78 is 6.03. The smallest absolute Gasteiger partial charge is 0.0602 e. The Balaban J connectivity index is 2.24. The van der Waals surface area contributed by atoms with E-state index < -0.39 is 0 Å². The molecule has 0 aromatic carbocycles. The van der Waals surface area contributed by atoms with Crippen molar-refractivity contribution in [3.63, 3.8) is 0 Å². The van der Waals surface area contributed by atoms with Gasteiger partial charge in [0.2, 0.25) is 0 Å². The van der Waals surface area contributed by atoms with Crippen LogP contribution in [0.2, 0.25) is 0 Å². The van der Waals surface area contributed by atoms with Gasteiger partial charge in [0.1, 0.15) is 0 Å². The fraction of sp³-hybridized carbons (Fsp3) is 0.929. The molecule has 89 valence electrons. The van der Waals surface area contributed by atoms with Crippen molar-refractivity contribution in [2.45, 2.75) is 78.4 Å². The number of rotatable bonds is 3. The summed E-state index contributed by atoms with van der Waals surface area (Å²) in [6.07, 6.45) is 7.06. The Morgan fingerprint density at radius 2 is 1.60 bits per heavy atom. The molecule has 1 aliphatic carbocycles. The van der Waals surface area contributed by atoms with Crippen molar-refractivity contribution in [2.75, 3.05) is 0 Å². The van der Waals surface area contributed by atoms with Crippen LogP contribution in [0.15, 0.2) is 0 Å². The van der Waals surface area contributed by atoms with Crippen molar-refractivity contribution in [2.24, 2.45) is 5.92 Å². The standard InChI is InChI=1S/C14H27O/c1-11(2)10-12-6-8-13(9-7-12)15-14(3,4)5/h12-13H,6-10H2,1-5H3. The van der Waals surface area contributed by atoms with E-state index in [2.05, 4.69) is 34.6 Å². The summed E-state index contributed by atoms with van der Waals surface area (Å²) in [4.78, 5) is 0. The maximum absolute atomic E-state index is 6.03. The molecule has 0 bridgehead atoms. The average Bonchev–Trinajstić information content (AvgIpc) is 2.05. The van der Waals surface area contributed by atoms with Crippen LogP contribution < -0.4 is 0 Å². The molecule has 1 heteroatoms. The second-order valence-electron chi connectivity index (χ2n) is 6.28. The topological polar surface area (TPSA) is 9.23 Å². The highest BCUT2D eigenvalue weighted by Gasteiger charge is 2.25. The van der Waals surface area contributed by atoms with Gasteiger partial charge in [-0.05, 0) is 64.7 Å². The molecule has 0 heterocycles. The van der Waals surface area contributed by atoms with Gasteiger partial charge in [-0.1, -0.05) is 13.8 Å². The molecular weight excluding hydrogens is 184 g/mol. The first-order valence-corrected chi connectivity index (χ1v) is 6.33. The minimum Gasteiger partial charge on any atom is -0.373 e. The Bertz CT molecular complexity index is 170. The first-order valence-electron chi connectivity index (χ1n) is 6.33. The first kappa shape index (κ1) is 13.0. The number of ether oxygens (including phenoxy) is 1. The zero-order valence-corrected chi connectivity index (χ0v) is 11.1. The minimum absolute atomic E-state index is 0.0320. The Morgan fingerprint density at radius 1 is 1.07 bits per heavy atom. The van der Waals surface area contributed by atoms with Gasteiger partial charge in [-0.15, -0.1) is 0 Å². The van der Waals surface area contributed by atoms with E-state index >= 15 is 0 Å². The van der Waals surface area contributed by atoms with Crippen LogP contribution in [-0.2, 0) is 4.74 Å². The summed E-state index contributed by atoms with van der Waals surface area (Å²) in [6, 6.07) is 0. The van der Waals surface area contributed by atoms with E-state index in [9.17, 15) is 0 Å². The van der Waals surface area contributed by atoms with Gasteiger partial charge in [0.05, 0.1) is 11.7 Å². The summed E-state index contributed by atoms with van der Waals surface area (Å²) in [5.74, 6) is 2.50. The number of hydrogen-bond donors (Lipinski definition) is 0. The lowest BCUT2D eigenvalue weighted by molar-refractivity contribution is -0.0784. The molecule has 0 atom stereocenters. The Hall–Kier alpha value is -0.0400. The molecular formula is C14H27O. The van der Waals surface area contributed by atoms with E-state index in [0.717, 1.165) is 5.92 Å². The van der Waals surface area contributed by atoms with E-state index in [-0.39, 0.29) is 5.60 Å². The molecule has 1 saturated carbocycles. The SMILES string of the molecule is C[C](C)CC1CCC(OC(C)(C)C)CC1. The monoisotopic (exact) mass is 211 g/mol. The first-order chi connectivity index (χ1) is 6.87. The summed E-state index contributed by atoms with van der Waals surface area (Å²) in [5.41, 5.74) is 0.0320. The zero-order chi connectivity index (χ0) is 11.5. The second-order valence-corrected chi connectivity index (χ2v) is 6.28. The molecule has 0 aromatic heterocycles. The van der Waals surface area contributed by atoms with E-state index in [1.807, 2.05) is 0 Å². The second kappa shape index (κ2) is 5.34. The molecule has 1 aliphatic rings. The third kappa shape index (κ3) is 5.55. The van der Waals surface area contributed by atoms with E-state index in [0.29, 0.717) is 6.10 Å². The largest absolute Gasteiger partial charge is 0.373 e. The molecule has 15 heavy (non-hydrogen) atoms. The highest BCUT2D eigenvalue weighted by molar-refractivity contribution is 4.84. The van der Waals surface area contributed by atoms with Crippen molar-refractivity contribution in [1.29, 1.82) is 0 Å². The normalized spacial score (nSPS) is 28.4. The van der Waals surface area contributed by atoms with Gasteiger partial charge in [0.25, 0.3) is 0 Å². The predicted octanol–water partition coefficient (Wildman–Crippen LogP) is 4.36. The molecule has 1 fully saturated rings. The Morgan fingerprint density at radius 3 is 2.00 bits per heavy atom. The highest BCUT2D eigenvalue weighted by atomic mass is 16.5. The quantitative estimate of drug-likeness (QED) is 0.673. The summed E-state index contributed by atoms with van der Waals surface area (Å²) >= 11 is 0. The van der Waals surface area contributed by atoms with Crippen LogP contribution >= 0.6 is 0 Å². The van der Waals surface area contributed by atoms with Gasteiger partial charge >= 0.3 is 0 Å². The van der Waals surface area contributed by atoms with Crippen molar-refractivity contribution >= 4 is 0 Å². The van der Waals surface area contributed by atoms with Crippen LogP contribution in [0.3, 0.4) is 0 Å². The van der Waals surface area contributed by atoms with Crippen LogP contribution in [0, 0.1) is 11.8 Å². The average molecular weight is 211 g/mol. The van der Waals surface area contributed by atoms with Gasteiger partial charge in [-0.2, -0.15) is 0 Å². The summed E-state index contributed by atoms with van der Waals surface area (Å²) in [7, 11) is 0. The summed E-state index contributed by atoms with van der Waals surface area (Å²) in [6.45, 7) is 11.0. The van der Waals surface area contributed by atoms with E-state index in [1.165, 1.54) is 32.1 Å². The lowest BCUT2D eigenvalue weighted by Crippen LogP contribution is -2.30. The molecule has 0 spiro atoms. The molecule has 1 radical (unpaired) electrons. The molecule has 0 aromatic rings. The summed E-state index contributed by atoms with van der Waals surface area (Å²) in [5, 5.41) is 0. The molecule has 0 amide bonds. The predicted molar refractivity (Wildman–Crippen MR) is 65.8 cm³/mol. The third-order valence-corrected chi connectivity index (χ3v) is 3.01. The maximum atomic E-state index is 6.03. The lowest BCUT2D eigenvalue weighted by atomic mass is 9.82. The molecule has 1 rings (SSSR count). The van der Waals surface area contributed by atoms with Crippen LogP contribution in [-0.4, -0.2) is 11.7 Å². The lowest BCUT2D eigenvalue weighted by Gasteiger charge is -2.33. The van der Waals surface area contributed by atoms with Crippen LogP contribution in [0.5, 0.6) is 0 Å². The van der Waals surface area contributed by atoms with Crippen LogP contribution in [0.25, 0.3) is 0 Å². The molecule has 0 N–H and O–H groups in total. The van der Waals surface area contributed by atoms with Crippen LogP contribution in [0.4, 0.5) is 0 Å². The molecule has 0 aliphatic heterocycles. The Kier molecular flexibility index (Phi) is 4.64. The van der Waals surface area contributed by atoms with Crippen LogP contribution in [0.1, 0.15) is 66.7 Å². The third-order valence-electron chi connectivity index (χ3n) is 3.01. The van der Waals surface area contributed by atoms with Gasteiger partial charge in [-0.25, -0.2) is 0 Å². The van der Waals surface area contributed by atoms with Gasteiger partial charge in [-0.3, -0.25) is 0 Å². The van der Waals surface area contributed by atoms with Crippen molar-refractivity contribution in [3.8, 4) is 0 Å². The van der Waals surface area contributed by atoms with E-state index in [1.54, 1.807) is 5.92 Å². The van der Waals surface area contributed by atoms with Gasteiger partial charge in [0.15, 0.2) is 0 Å². The molecule has 1 nitrogen and oxygen atoms in total. The van der Waals surface area contributed by atoms with Gasteiger partial charge in [0, 0.05) is 0 Å².